The molecule has 0 aromatic heterocycles. The third kappa shape index (κ3) is 3.23. The van der Waals surface area contributed by atoms with Gasteiger partial charge in [0, 0.05) is 6.04 Å². The van der Waals surface area contributed by atoms with Crippen LogP contribution in [0.25, 0.3) is 0 Å². The van der Waals surface area contributed by atoms with Crippen LogP contribution in [-0.4, -0.2) is 22.8 Å². The number of hydrogen-bond donors (Lipinski definition) is 1. The summed E-state index contributed by atoms with van der Waals surface area (Å²) in [5, 5.41) is 0. The summed E-state index contributed by atoms with van der Waals surface area (Å²) >= 11 is 0. The average molecular weight is 314 g/mol. The van der Waals surface area contributed by atoms with Crippen LogP contribution < -0.4 is 5.73 Å². The number of carbonyl (C=O) groups excluding carboxylic acids is 2. The van der Waals surface area contributed by atoms with Gasteiger partial charge < -0.3 is 10.6 Å². The standard InChI is InChI=1S/C15H17F3N2O2/c1-9(10-5-7-11(8-6-10)15(16,17)18)20(12-3-2-4-12)14(22)13(19)21/h5-9,12H,2-4H2,1H3,(H2,19,21). The van der Waals surface area contributed by atoms with Gasteiger partial charge in [0.25, 0.3) is 0 Å². The number of alkyl halides is 3. The number of carbonyl (C=O) groups is 2. The van der Waals surface area contributed by atoms with Crippen LogP contribution in [0, 0.1) is 0 Å². The lowest BCUT2D eigenvalue weighted by Gasteiger charge is -2.40. The molecule has 1 unspecified atom stereocenters. The number of benzene rings is 1. The fraction of sp³-hybridized carbons (Fsp3) is 0.467. The minimum atomic E-state index is -4.40. The number of hydrogen-bond acceptors (Lipinski definition) is 2. The maximum atomic E-state index is 12.6. The van der Waals surface area contributed by atoms with Gasteiger partial charge in [-0.2, -0.15) is 13.2 Å². The van der Waals surface area contributed by atoms with E-state index in [4.69, 9.17) is 5.73 Å². The van der Waals surface area contributed by atoms with Crippen molar-refractivity contribution in [2.75, 3.05) is 0 Å². The second-order valence-corrected chi connectivity index (χ2v) is 5.46. The van der Waals surface area contributed by atoms with E-state index >= 15 is 0 Å². The Labute approximate surface area is 126 Å². The van der Waals surface area contributed by atoms with Crippen molar-refractivity contribution in [1.29, 1.82) is 0 Å². The molecular weight excluding hydrogens is 297 g/mol. The third-order valence-electron chi connectivity index (χ3n) is 4.05. The number of nitrogens with two attached hydrogens (primary N) is 1. The molecule has 2 amide bonds. The maximum Gasteiger partial charge on any atom is 0.416 e. The highest BCUT2D eigenvalue weighted by molar-refractivity contribution is 6.34. The van der Waals surface area contributed by atoms with Gasteiger partial charge in [0.15, 0.2) is 0 Å². The second kappa shape index (κ2) is 5.98. The number of primary amides is 1. The zero-order chi connectivity index (χ0) is 16.5. The van der Waals surface area contributed by atoms with Crippen LogP contribution in [-0.2, 0) is 15.8 Å². The molecule has 1 aliphatic rings. The van der Waals surface area contributed by atoms with Crippen molar-refractivity contribution in [2.24, 2.45) is 5.73 Å². The third-order valence-corrected chi connectivity index (χ3v) is 4.05. The SMILES string of the molecule is CC(c1ccc(C(F)(F)F)cc1)N(C(=O)C(N)=O)C1CCC1. The number of rotatable bonds is 3. The minimum absolute atomic E-state index is 0.0858. The van der Waals surface area contributed by atoms with Gasteiger partial charge in [-0.3, -0.25) is 9.59 Å². The summed E-state index contributed by atoms with van der Waals surface area (Å²) in [6.07, 6.45) is -1.92. The molecule has 22 heavy (non-hydrogen) atoms. The van der Waals surface area contributed by atoms with Crippen molar-refractivity contribution in [3.8, 4) is 0 Å². The first kappa shape index (κ1) is 16.3. The molecule has 7 heteroatoms. The number of nitrogens with zero attached hydrogens (tertiary/aromatic N) is 1. The fourth-order valence-corrected chi connectivity index (χ4v) is 2.56. The van der Waals surface area contributed by atoms with Crippen LogP contribution in [0.2, 0.25) is 0 Å². The van der Waals surface area contributed by atoms with E-state index in [9.17, 15) is 22.8 Å². The van der Waals surface area contributed by atoms with Crippen LogP contribution in [0.3, 0.4) is 0 Å². The first-order chi connectivity index (χ1) is 10.2. The molecule has 0 heterocycles. The molecule has 1 aromatic carbocycles. The lowest BCUT2D eigenvalue weighted by atomic mass is 9.89. The molecule has 120 valence electrons. The lowest BCUT2D eigenvalue weighted by Crippen LogP contribution is -2.50. The molecule has 4 nitrogen and oxygen atoms in total. The summed E-state index contributed by atoms with van der Waals surface area (Å²) in [5.41, 5.74) is 4.86. The number of halogens is 3. The molecule has 2 N–H and O–H groups in total. The molecule has 1 fully saturated rings. The first-order valence-corrected chi connectivity index (χ1v) is 7.01. The van der Waals surface area contributed by atoms with Crippen molar-refractivity contribution < 1.29 is 22.8 Å². The van der Waals surface area contributed by atoms with Gasteiger partial charge in [0.05, 0.1) is 11.6 Å². The highest BCUT2D eigenvalue weighted by Crippen LogP contribution is 2.34. The predicted molar refractivity (Wildman–Crippen MR) is 73.5 cm³/mol. The summed E-state index contributed by atoms with van der Waals surface area (Å²) < 4.78 is 37.7. The van der Waals surface area contributed by atoms with Crippen LogP contribution in [0.1, 0.15) is 43.4 Å². The second-order valence-electron chi connectivity index (χ2n) is 5.46. The molecule has 0 spiro atoms. The van der Waals surface area contributed by atoms with Crippen molar-refractivity contribution in [3.63, 3.8) is 0 Å². The van der Waals surface area contributed by atoms with E-state index in [1.807, 2.05) is 0 Å². The Kier molecular flexibility index (Phi) is 4.44. The van der Waals surface area contributed by atoms with Crippen LogP contribution in [0.4, 0.5) is 13.2 Å². The normalized spacial score (nSPS) is 16.7. The summed E-state index contributed by atoms with van der Waals surface area (Å²) in [6, 6.07) is 4.00. The first-order valence-electron chi connectivity index (χ1n) is 7.01. The molecule has 1 atom stereocenters. The molecule has 2 rings (SSSR count). The molecule has 0 bridgehead atoms. The zero-order valence-corrected chi connectivity index (χ0v) is 12.1. The van der Waals surface area contributed by atoms with E-state index < -0.39 is 29.6 Å². The summed E-state index contributed by atoms with van der Waals surface area (Å²) in [4.78, 5) is 24.6. The van der Waals surface area contributed by atoms with Gasteiger partial charge in [-0.15, -0.1) is 0 Å². The molecule has 0 radical (unpaired) electrons. The smallest absolute Gasteiger partial charge is 0.361 e. The Bertz CT molecular complexity index is 565. The van der Waals surface area contributed by atoms with Gasteiger partial charge in [-0.1, -0.05) is 12.1 Å². The van der Waals surface area contributed by atoms with E-state index in [0.717, 1.165) is 31.4 Å². The van der Waals surface area contributed by atoms with Crippen molar-refractivity contribution in [1.82, 2.24) is 4.90 Å². The maximum absolute atomic E-state index is 12.6. The fourth-order valence-electron chi connectivity index (χ4n) is 2.56. The molecule has 0 saturated heterocycles. The van der Waals surface area contributed by atoms with Crippen LogP contribution in [0.5, 0.6) is 0 Å². The van der Waals surface area contributed by atoms with E-state index in [1.165, 1.54) is 17.0 Å². The van der Waals surface area contributed by atoms with Gasteiger partial charge in [-0.05, 0) is 43.9 Å². The van der Waals surface area contributed by atoms with Gasteiger partial charge >= 0.3 is 18.0 Å². The number of amides is 2. The Morgan fingerprint density at radius 3 is 2.14 bits per heavy atom. The van der Waals surface area contributed by atoms with E-state index in [-0.39, 0.29) is 6.04 Å². The Morgan fingerprint density at radius 1 is 1.23 bits per heavy atom. The van der Waals surface area contributed by atoms with Crippen molar-refractivity contribution in [3.05, 3.63) is 35.4 Å². The Balaban J connectivity index is 2.24. The van der Waals surface area contributed by atoms with Gasteiger partial charge in [0.2, 0.25) is 0 Å². The van der Waals surface area contributed by atoms with E-state index in [2.05, 4.69) is 0 Å². The lowest BCUT2D eigenvalue weighted by molar-refractivity contribution is -0.149. The quantitative estimate of drug-likeness (QED) is 0.872. The predicted octanol–water partition coefficient (Wildman–Crippen LogP) is 2.63. The molecule has 0 aliphatic heterocycles. The minimum Gasteiger partial charge on any atom is -0.361 e. The average Bonchev–Trinajstić information content (AvgIpc) is 2.40. The summed E-state index contributed by atoms with van der Waals surface area (Å²) in [5.74, 6) is -1.84. The zero-order valence-electron chi connectivity index (χ0n) is 12.1. The summed E-state index contributed by atoms with van der Waals surface area (Å²) in [6.45, 7) is 1.68. The topological polar surface area (TPSA) is 63.4 Å². The Morgan fingerprint density at radius 2 is 1.77 bits per heavy atom. The van der Waals surface area contributed by atoms with E-state index in [1.54, 1.807) is 6.92 Å². The molecule has 1 saturated carbocycles. The van der Waals surface area contributed by atoms with Crippen molar-refractivity contribution >= 4 is 11.8 Å². The largest absolute Gasteiger partial charge is 0.416 e. The molecule has 1 aromatic rings. The Hall–Kier alpha value is -2.05. The van der Waals surface area contributed by atoms with Gasteiger partial charge in [0.1, 0.15) is 0 Å². The molecular formula is C15H17F3N2O2. The highest BCUT2D eigenvalue weighted by Gasteiger charge is 2.35. The van der Waals surface area contributed by atoms with Crippen LogP contribution in [0.15, 0.2) is 24.3 Å². The van der Waals surface area contributed by atoms with Crippen molar-refractivity contribution in [2.45, 2.75) is 44.4 Å². The van der Waals surface area contributed by atoms with E-state index in [0.29, 0.717) is 5.56 Å². The van der Waals surface area contributed by atoms with Crippen LogP contribution >= 0.6 is 0 Å². The summed E-state index contributed by atoms with van der Waals surface area (Å²) in [7, 11) is 0. The monoisotopic (exact) mass is 314 g/mol. The highest BCUT2D eigenvalue weighted by atomic mass is 19.4. The van der Waals surface area contributed by atoms with Gasteiger partial charge in [-0.25, -0.2) is 0 Å². The molecule has 1 aliphatic carbocycles.